The summed E-state index contributed by atoms with van der Waals surface area (Å²) >= 11 is 1.48. The van der Waals surface area contributed by atoms with Gasteiger partial charge in [-0.2, -0.15) is 0 Å². The molecular formula is C19H25N3O5S. The lowest BCUT2D eigenvalue weighted by Crippen LogP contribution is -2.20. The summed E-state index contributed by atoms with van der Waals surface area (Å²) in [6.07, 6.45) is 2.74. The number of anilines is 1. The number of nitrogens with one attached hydrogen (secondary N) is 1. The van der Waals surface area contributed by atoms with E-state index in [1.807, 2.05) is 0 Å². The van der Waals surface area contributed by atoms with E-state index in [0.717, 1.165) is 25.0 Å². The van der Waals surface area contributed by atoms with Gasteiger partial charge in [0.15, 0.2) is 23.2 Å². The van der Waals surface area contributed by atoms with Crippen molar-refractivity contribution in [2.75, 3.05) is 26.1 Å². The number of amides is 2. The van der Waals surface area contributed by atoms with Crippen molar-refractivity contribution >= 4 is 28.3 Å². The zero-order chi connectivity index (χ0) is 20.7. The van der Waals surface area contributed by atoms with Gasteiger partial charge in [0.1, 0.15) is 0 Å². The quantitative estimate of drug-likeness (QED) is 0.626. The van der Waals surface area contributed by atoms with E-state index in [4.69, 9.17) is 19.9 Å². The Kier molecular flexibility index (Phi) is 7.62. The molecule has 2 aromatic rings. The van der Waals surface area contributed by atoms with E-state index in [9.17, 15) is 9.59 Å². The van der Waals surface area contributed by atoms with Crippen LogP contribution in [0, 0.1) is 0 Å². The van der Waals surface area contributed by atoms with Crippen LogP contribution in [-0.2, 0) is 17.6 Å². The molecule has 0 radical (unpaired) electrons. The van der Waals surface area contributed by atoms with Crippen LogP contribution in [0.5, 0.6) is 17.2 Å². The number of hydrogen-bond acceptors (Lipinski definition) is 7. The van der Waals surface area contributed by atoms with Crippen molar-refractivity contribution < 1.29 is 23.8 Å². The summed E-state index contributed by atoms with van der Waals surface area (Å²) in [5.41, 5.74) is 6.45. The molecule has 0 atom stereocenters. The second kappa shape index (κ2) is 9.93. The molecule has 0 aliphatic heterocycles. The number of nitrogens with two attached hydrogens (primary N) is 1. The number of carbonyl (C=O) groups excluding carboxylic acids is 2. The van der Waals surface area contributed by atoms with Crippen molar-refractivity contribution in [2.24, 2.45) is 5.73 Å². The van der Waals surface area contributed by atoms with Crippen LogP contribution in [0.2, 0.25) is 0 Å². The molecular weight excluding hydrogens is 382 g/mol. The van der Waals surface area contributed by atoms with E-state index in [0.29, 0.717) is 10.7 Å². The molecule has 8 nitrogen and oxygen atoms in total. The van der Waals surface area contributed by atoms with Crippen LogP contribution in [0.15, 0.2) is 12.1 Å². The Morgan fingerprint density at radius 2 is 1.82 bits per heavy atom. The molecule has 1 aromatic heterocycles. The molecule has 2 rings (SSSR count). The molecule has 1 heterocycles. The van der Waals surface area contributed by atoms with Gasteiger partial charge in [-0.05, 0) is 25.0 Å². The van der Waals surface area contributed by atoms with Crippen LogP contribution in [0.1, 0.15) is 41.2 Å². The topological polar surface area (TPSA) is 113 Å². The molecule has 0 aliphatic rings. The molecule has 0 aliphatic carbocycles. The molecule has 152 valence electrons. The van der Waals surface area contributed by atoms with Crippen molar-refractivity contribution in [2.45, 2.75) is 33.1 Å². The maximum atomic E-state index is 12.7. The minimum absolute atomic E-state index is 0.202. The SMILES string of the molecule is CCCc1nc(NC(=O)c2cc(OC)c(OCC(N)=O)c(OC)c2)sc1CC. The summed E-state index contributed by atoms with van der Waals surface area (Å²) < 4.78 is 15.9. The Labute approximate surface area is 168 Å². The zero-order valence-corrected chi connectivity index (χ0v) is 17.3. The summed E-state index contributed by atoms with van der Waals surface area (Å²) in [6.45, 7) is 3.83. The number of methoxy groups -OCH3 is 2. The van der Waals surface area contributed by atoms with Gasteiger partial charge in [-0.1, -0.05) is 20.3 Å². The van der Waals surface area contributed by atoms with E-state index in [2.05, 4.69) is 24.1 Å². The number of ether oxygens (including phenoxy) is 3. The number of thiazole rings is 1. The average molecular weight is 407 g/mol. The number of aryl methyl sites for hydroxylation is 2. The smallest absolute Gasteiger partial charge is 0.257 e. The second-order valence-corrected chi connectivity index (χ2v) is 7.00. The first-order chi connectivity index (χ1) is 13.4. The summed E-state index contributed by atoms with van der Waals surface area (Å²) in [4.78, 5) is 29.4. The molecule has 9 heteroatoms. The van der Waals surface area contributed by atoms with Crippen molar-refractivity contribution in [1.29, 1.82) is 0 Å². The van der Waals surface area contributed by atoms with Crippen LogP contribution >= 0.6 is 11.3 Å². The number of benzene rings is 1. The highest BCUT2D eigenvalue weighted by molar-refractivity contribution is 7.15. The summed E-state index contributed by atoms with van der Waals surface area (Å²) in [6, 6.07) is 3.02. The van der Waals surface area contributed by atoms with Crippen molar-refractivity contribution in [1.82, 2.24) is 4.98 Å². The maximum absolute atomic E-state index is 12.7. The van der Waals surface area contributed by atoms with Gasteiger partial charge in [-0.25, -0.2) is 4.98 Å². The Balaban J connectivity index is 2.28. The maximum Gasteiger partial charge on any atom is 0.257 e. The van der Waals surface area contributed by atoms with Gasteiger partial charge in [0, 0.05) is 10.4 Å². The third kappa shape index (κ3) is 5.13. The van der Waals surface area contributed by atoms with Crippen LogP contribution in [0.25, 0.3) is 0 Å². The van der Waals surface area contributed by atoms with Crippen molar-refractivity contribution in [3.8, 4) is 17.2 Å². The molecule has 0 saturated carbocycles. The van der Waals surface area contributed by atoms with Crippen LogP contribution in [0.3, 0.4) is 0 Å². The molecule has 0 bridgehead atoms. The summed E-state index contributed by atoms with van der Waals surface area (Å²) in [7, 11) is 2.86. The molecule has 0 saturated heterocycles. The Morgan fingerprint density at radius 1 is 1.18 bits per heavy atom. The van der Waals surface area contributed by atoms with Gasteiger partial charge in [0.05, 0.1) is 19.9 Å². The Morgan fingerprint density at radius 3 is 2.32 bits per heavy atom. The lowest BCUT2D eigenvalue weighted by atomic mass is 10.1. The number of rotatable bonds is 10. The highest BCUT2D eigenvalue weighted by atomic mass is 32.1. The van der Waals surface area contributed by atoms with Gasteiger partial charge in [0.25, 0.3) is 11.8 Å². The monoisotopic (exact) mass is 407 g/mol. The van der Waals surface area contributed by atoms with Gasteiger partial charge in [0.2, 0.25) is 5.75 Å². The zero-order valence-electron chi connectivity index (χ0n) is 16.5. The van der Waals surface area contributed by atoms with Crippen LogP contribution in [0.4, 0.5) is 5.13 Å². The summed E-state index contributed by atoms with van der Waals surface area (Å²) in [5, 5.41) is 3.38. The second-order valence-electron chi connectivity index (χ2n) is 5.91. The van der Waals surface area contributed by atoms with Crippen LogP contribution in [-0.4, -0.2) is 37.6 Å². The van der Waals surface area contributed by atoms with E-state index >= 15 is 0 Å². The predicted octanol–water partition coefficient (Wildman–Crippen LogP) is 2.79. The van der Waals surface area contributed by atoms with E-state index in [1.165, 1.54) is 42.6 Å². The number of aromatic nitrogens is 1. The lowest BCUT2D eigenvalue weighted by molar-refractivity contribution is -0.120. The number of nitrogens with zero attached hydrogens (tertiary/aromatic N) is 1. The molecule has 1 aromatic carbocycles. The molecule has 28 heavy (non-hydrogen) atoms. The first kappa shape index (κ1) is 21.5. The highest BCUT2D eigenvalue weighted by Gasteiger charge is 2.19. The normalized spacial score (nSPS) is 10.4. The third-order valence-corrected chi connectivity index (χ3v) is 5.05. The standard InChI is InChI=1S/C19H25N3O5S/c1-5-7-12-15(6-2)28-19(21-12)22-18(24)11-8-13(25-3)17(14(9-11)26-4)27-10-16(20)23/h8-9H,5-7,10H2,1-4H3,(H2,20,23)(H,21,22,24). The Bertz CT molecular complexity index is 825. The number of hydrogen-bond donors (Lipinski definition) is 2. The number of primary amides is 1. The van der Waals surface area contributed by atoms with Gasteiger partial charge < -0.3 is 19.9 Å². The van der Waals surface area contributed by atoms with E-state index in [1.54, 1.807) is 0 Å². The average Bonchev–Trinajstić information content (AvgIpc) is 3.07. The van der Waals surface area contributed by atoms with Crippen molar-refractivity contribution in [3.63, 3.8) is 0 Å². The fourth-order valence-electron chi connectivity index (χ4n) is 2.61. The fourth-order valence-corrected chi connectivity index (χ4v) is 3.55. The largest absolute Gasteiger partial charge is 0.493 e. The molecule has 0 fully saturated rings. The first-order valence-electron chi connectivity index (χ1n) is 8.90. The molecule has 2 amide bonds. The fraction of sp³-hybridized carbons (Fsp3) is 0.421. The predicted molar refractivity (Wildman–Crippen MR) is 108 cm³/mol. The molecule has 3 N–H and O–H groups in total. The molecule has 0 spiro atoms. The lowest BCUT2D eigenvalue weighted by Gasteiger charge is -2.15. The number of carbonyl (C=O) groups is 2. The van der Waals surface area contributed by atoms with Gasteiger partial charge in [-0.3, -0.25) is 14.9 Å². The summed E-state index contributed by atoms with van der Waals surface area (Å²) in [5.74, 6) is -0.272. The third-order valence-electron chi connectivity index (χ3n) is 3.89. The van der Waals surface area contributed by atoms with Crippen LogP contribution < -0.4 is 25.3 Å². The first-order valence-corrected chi connectivity index (χ1v) is 9.72. The molecule has 0 unspecified atom stereocenters. The Hall–Kier alpha value is -2.81. The van der Waals surface area contributed by atoms with E-state index < -0.39 is 5.91 Å². The minimum Gasteiger partial charge on any atom is -0.493 e. The van der Waals surface area contributed by atoms with E-state index in [-0.39, 0.29) is 29.8 Å². The van der Waals surface area contributed by atoms with Crippen molar-refractivity contribution in [3.05, 3.63) is 28.3 Å². The van der Waals surface area contributed by atoms with Gasteiger partial charge in [-0.15, -0.1) is 11.3 Å². The highest BCUT2D eigenvalue weighted by Crippen LogP contribution is 2.39. The minimum atomic E-state index is -0.635. The van der Waals surface area contributed by atoms with Gasteiger partial charge >= 0.3 is 0 Å².